The summed E-state index contributed by atoms with van der Waals surface area (Å²) in [7, 11) is 0. The highest BCUT2D eigenvalue weighted by atomic mass is 14.6. The standard InChI is InChI=1S/C20H38/c1-6-16(5)13-20-12-11-19(20)18(14-20)17(7-2)10-8-9-15(3)4/h15-19H,6-14H2,1-5H3. The Hall–Kier alpha value is 0. The van der Waals surface area contributed by atoms with Crippen LogP contribution in [0.4, 0.5) is 0 Å². The van der Waals surface area contributed by atoms with E-state index in [1.54, 1.807) is 19.3 Å². The fraction of sp³-hybridized carbons (Fsp3) is 1.00. The smallest absolute Gasteiger partial charge is 0.0261 e. The molecule has 2 aliphatic rings. The highest BCUT2D eigenvalue weighted by Crippen LogP contribution is 2.69. The average Bonchev–Trinajstić information content (AvgIpc) is 2.40. The summed E-state index contributed by atoms with van der Waals surface area (Å²) < 4.78 is 0. The van der Waals surface area contributed by atoms with E-state index in [1.165, 1.54) is 38.5 Å². The second-order valence-electron chi connectivity index (χ2n) is 8.59. The van der Waals surface area contributed by atoms with Gasteiger partial charge < -0.3 is 0 Å². The van der Waals surface area contributed by atoms with Crippen LogP contribution in [-0.2, 0) is 0 Å². The van der Waals surface area contributed by atoms with E-state index in [-0.39, 0.29) is 0 Å². The second kappa shape index (κ2) is 6.84. The molecule has 2 rings (SSSR count). The number of hydrogen-bond donors (Lipinski definition) is 0. The Morgan fingerprint density at radius 2 is 1.80 bits per heavy atom. The number of fused-ring (bicyclic) bond motifs is 1. The van der Waals surface area contributed by atoms with Crippen molar-refractivity contribution in [2.75, 3.05) is 0 Å². The molecule has 2 saturated carbocycles. The molecule has 118 valence electrons. The summed E-state index contributed by atoms with van der Waals surface area (Å²) >= 11 is 0. The van der Waals surface area contributed by atoms with Gasteiger partial charge in [0.05, 0.1) is 0 Å². The van der Waals surface area contributed by atoms with Gasteiger partial charge in [-0.3, -0.25) is 0 Å². The van der Waals surface area contributed by atoms with Crippen LogP contribution in [0.3, 0.4) is 0 Å². The van der Waals surface area contributed by atoms with Gasteiger partial charge in [-0.15, -0.1) is 0 Å². The van der Waals surface area contributed by atoms with Crippen molar-refractivity contribution in [3.8, 4) is 0 Å². The Balaban J connectivity index is 1.80. The lowest BCUT2D eigenvalue weighted by Gasteiger charge is -2.66. The first kappa shape index (κ1) is 16.4. The minimum absolute atomic E-state index is 0.825. The van der Waals surface area contributed by atoms with Crippen molar-refractivity contribution < 1.29 is 0 Å². The molecule has 2 aliphatic carbocycles. The molecular formula is C20H38. The van der Waals surface area contributed by atoms with Crippen LogP contribution in [0.15, 0.2) is 0 Å². The normalized spacial score (nSPS) is 35.1. The van der Waals surface area contributed by atoms with Gasteiger partial charge >= 0.3 is 0 Å². The molecule has 0 radical (unpaired) electrons. The lowest BCUT2D eigenvalue weighted by molar-refractivity contribution is -0.169. The summed E-state index contributed by atoms with van der Waals surface area (Å²) in [6, 6.07) is 0. The zero-order chi connectivity index (χ0) is 14.8. The molecule has 5 unspecified atom stereocenters. The third kappa shape index (κ3) is 3.25. The molecular weight excluding hydrogens is 240 g/mol. The molecule has 5 atom stereocenters. The Morgan fingerprint density at radius 3 is 2.25 bits per heavy atom. The lowest BCUT2D eigenvalue weighted by Crippen LogP contribution is -2.58. The van der Waals surface area contributed by atoms with Gasteiger partial charge in [0.15, 0.2) is 0 Å². The van der Waals surface area contributed by atoms with E-state index in [4.69, 9.17) is 0 Å². The third-order valence-electron chi connectivity index (χ3n) is 6.84. The first-order chi connectivity index (χ1) is 9.52. The van der Waals surface area contributed by atoms with Crippen LogP contribution < -0.4 is 0 Å². The molecule has 0 aromatic rings. The van der Waals surface area contributed by atoms with Crippen molar-refractivity contribution in [1.82, 2.24) is 0 Å². The van der Waals surface area contributed by atoms with Gasteiger partial charge in [-0.2, -0.15) is 0 Å². The van der Waals surface area contributed by atoms with Gasteiger partial charge in [-0.05, 0) is 60.7 Å². The minimum atomic E-state index is 0.825. The number of hydrogen-bond acceptors (Lipinski definition) is 0. The maximum atomic E-state index is 2.47. The highest BCUT2D eigenvalue weighted by molar-refractivity contribution is 5.09. The highest BCUT2D eigenvalue weighted by Gasteiger charge is 2.60. The molecule has 0 aromatic heterocycles. The first-order valence-electron chi connectivity index (χ1n) is 9.52. The summed E-state index contributed by atoms with van der Waals surface area (Å²) in [6.07, 6.45) is 13.5. The Morgan fingerprint density at radius 1 is 1.05 bits per heavy atom. The van der Waals surface area contributed by atoms with Crippen molar-refractivity contribution in [2.45, 2.75) is 92.4 Å². The molecule has 0 spiro atoms. The van der Waals surface area contributed by atoms with Crippen molar-refractivity contribution in [3.63, 3.8) is 0 Å². The molecule has 0 bridgehead atoms. The molecule has 0 N–H and O–H groups in total. The van der Waals surface area contributed by atoms with E-state index < -0.39 is 0 Å². The summed E-state index contributed by atoms with van der Waals surface area (Å²) in [5.74, 6) is 5.12. The maximum absolute atomic E-state index is 2.47. The molecule has 0 aliphatic heterocycles. The molecule has 0 aromatic carbocycles. The van der Waals surface area contributed by atoms with E-state index >= 15 is 0 Å². The van der Waals surface area contributed by atoms with Gasteiger partial charge in [0, 0.05) is 0 Å². The zero-order valence-electron chi connectivity index (χ0n) is 14.8. The average molecular weight is 279 g/mol. The van der Waals surface area contributed by atoms with Crippen LogP contribution in [0.5, 0.6) is 0 Å². The van der Waals surface area contributed by atoms with E-state index in [0.717, 1.165) is 35.0 Å². The molecule has 0 saturated heterocycles. The molecule has 0 amide bonds. The molecule has 0 heteroatoms. The Labute approximate surface area is 128 Å². The second-order valence-corrected chi connectivity index (χ2v) is 8.59. The Bertz CT molecular complexity index is 292. The predicted molar refractivity (Wildman–Crippen MR) is 89.8 cm³/mol. The van der Waals surface area contributed by atoms with Crippen molar-refractivity contribution in [2.24, 2.45) is 35.0 Å². The minimum Gasteiger partial charge on any atom is -0.0651 e. The van der Waals surface area contributed by atoms with E-state index in [2.05, 4.69) is 34.6 Å². The van der Waals surface area contributed by atoms with Crippen molar-refractivity contribution >= 4 is 0 Å². The van der Waals surface area contributed by atoms with Crippen LogP contribution in [0.2, 0.25) is 0 Å². The number of rotatable bonds is 9. The summed E-state index contributed by atoms with van der Waals surface area (Å²) in [6.45, 7) is 12.0. The zero-order valence-corrected chi connectivity index (χ0v) is 14.8. The van der Waals surface area contributed by atoms with E-state index in [1.807, 2.05) is 0 Å². The Kier molecular flexibility index (Phi) is 5.60. The van der Waals surface area contributed by atoms with Gasteiger partial charge in [0.25, 0.3) is 0 Å². The predicted octanol–water partition coefficient (Wildman–Crippen LogP) is 6.69. The fourth-order valence-corrected chi connectivity index (χ4v) is 5.27. The quantitative estimate of drug-likeness (QED) is 0.440. The largest absolute Gasteiger partial charge is 0.0651 e. The van der Waals surface area contributed by atoms with E-state index in [9.17, 15) is 0 Å². The van der Waals surface area contributed by atoms with Crippen LogP contribution in [0, 0.1) is 35.0 Å². The van der Waals surface area contributed by atoms with Gasteiger partial charge in [-0.25, -0.2) is 0 Å². The van der Waals surface area contributed by atoms with Crippen LogP contribution in [0.25, 0.3) is 0 Å². The SMILES string of the molecule is CCC(C)CC12CCC1C(C(CC)CCCC(C)C)C2. The maximum Gasteiger partial charge on any atom is -0.0261 e. The summed E-state index contributed by atoms with van der Waals surface area (Å²) in [5, 5.41) is 0. The lowest BCUT2D eigenvalue weighted by atomic mass is 9.38. The molecule has 0 heterocycles. The monoisotopic (exact) mass is 278 g/mol. The van der Waals surface area contributed by atoms with Crippen LogP contribution >= 0.6 is 0 Å². The van der Waals surface area contributed by atoms with Crippen LogP contribution in [0.1, 0.15) is 92.4 Å². The van der Waals surface area contributed by atoms with Gasteiger partial charge in [-0.1, -0.05) is 66.7 Å². The molecule has 20 heavy (non-hydrogen) atoms. The summed E-state index contributed by atoms with van der Waals surface area (Å²) in [4.78, 5) is 0. The first-order valence-corrected chi connectivity index (χ1v) is 9.52. The molecule has 0 nitrogen and oxygen atoms in total. The van der Waals surface area contributed by atoms with Crippen molar-refractivity contribution in [1.29, 1.82) is 0 Å². The molecule has 2 fully saturated rings. The topological polar surface area (TPSA) is 0 Å². The van der Waals surface area contributed by atoms with E-state index in [0.29, 0.717) is 0 Å². The third-order valence-corrected chi connectivity index (χ3v) is 6.84. The fourth-order valence-electron chi connectivity index (χ4n) is 5.27. The van der Waals surface area contributed by atoms with Gasteiger partial charge in [0.1, 0.15) is 0 Å². The van der Waals surface area contributed by atoms with Crippen molar-refractivity contribution in [3.05, 3.63) is 0 Å². The van der Waals surface area contributed by atoms with Crippen LogP contribution in [-0.4, -0.2) is 0 Å². The summed E-state index contributed by atoms with van der Waals surface area (Å²) in [5.41, 5.74) is 0.825. The van der Waals surface area contributed by atoms with Gasteiger partial charge in [0.2, 0.25) is 0 Å².